The molecule has 0 saturated carbocycles. The Kier molecular flexibility index (Phi) is 5.21. The normalized spacial score (nSPS) is 17.5. The van der Waals surface area contributed by atoms with Crippen LogP contribution in [-0.4, -0.2) is 44.9 Å². The number of hydrogen-bond acceptors (Lipinski definition) is 3. The van der Waals surface area contributed by atoms with Gasteiger partial charge in [-0.15, -0.1) is 0 Å². The number of aliphatic hydroxyl groups is 1. The van der Waals surface area contributed by atoms with Crippen molar-refractivity contribution >= 4 is 17.5 Å². The van der Waals surface area contributed by atoms with Gasteiger partial charge in [-0.2, -0.15) is 5.10 Å². The van der Waals surface area contributed by atoms with Crippen LogP contribution in [0.3, 0.4) is 0 Å². The van der Waals surface area contributed by atoms with Crippen LogP contribution < -0.4 is 0 Å². The molecule has 1 saturated heterocycles. The zero-order valence-corrected chi connectivity index (χ0v) is 14.5. The Balaban J connectivity index is 1.84. The predicted octanol–water partition coefficient (Wildman–Crippen LogP) is 3.21. The molecule has 3 rings (SSSR count). The Morgan fingerprint density at radius 3 is 3.04 bits per heavy atom. The maximum absolute atomic E-state index is 12.9. The van der Waals surface area contributed by atoms with Gasteiger partial charge in [-0.3, -0.25) is 4.79 Å². The number of likely N-dealkylation sites (tertiary alicyclic amines) is 1. The average molecular weight is 348 g/mol. The first-order valence-corrected chi connectivity index (χ1v) is 8.72. The van der Waals surface area contributed by atoms with Crippen LogP contribution in [0.25, 0.3) is 5.69 Å². The molecule has 5 nitrogen and oxygen atoms in total. The Morgan fingerprint density at radius 2 is 2.29 bits per heavy atom. The van der Waals surface area contributed by atoms with Crippen molar-refractivity contribution in [2.24, 2.45) is 0 Å². The summed E-state index contributed by atoms with van der Waals surface area (Å²) < 4.78 is 1.75. The van der Waals surface area contributed by atoms with E-state index < -0.39 is 0 Å². The molecule has 1 aliphatic heterocycles. The van der Waals surface area contributed by atoms with Gasteiger partial charge in [0.1, 0.15) is 0 Å². The Bertz CT molecular complexity index is 729. The summed E-state index contributed by atoms with van der Waals surface area (Å²) in [5.74, 6) is 0.0289. The number of benzene rings is 1. The van der Waals surface area contributed by atoms with E-state index in [4.69, 9.17) is 16.7 Å². The molecule has 0 bridgehead atoms. The first kappa shape index (κ1) is 17.0. The van der Waals surface area contributed by atoms with E-state index in [0.717, 1.165) is 43.6 Å². The van der Waals surface area contributed by atoms with E-state index in [1.54, 1.807) is 10.9 Å². The van der Waals surface area contributed by atoms with E-state index in [2.05, 4.69) is 5.10 Å². The fraction of sp³-hybridized carbons (Fsp3) is 0.444. The van der Waals surface area contributed by atoms with Crippen LogP contribution >= 0.6 is 11.6 Å². The third-order valence-electron chi connectivity index (χ3n) is 4.63. The molecule has 6 heteroatoms. The minimum atomic E-state index is 0.0289. The molecule has 1 amide bonds. The van der Waals surface area contributed by atoms with Crippen molar-refractivity contribution in [2.45, 2.75) is 38.6 Å². The highest BCUT2D eigenvalue weighted by atomic mass is 35.5. The Hall–Kier alpha value is -1.85. The van der Waals surface area contributed by atoms with Gasteiger partial charge in [0, 0.05) is 24.2 Å². The smallest absolute Gasteiger partial charge is 0.257 e. The van der Waals surface area contributed by atoms with E-state index >= 15 is 0 Å². The number of amides is 1. The Labute approximate surface area is 146 Å². The zero-order chi connectivity index (χ0) is 17.1. The molecule has 24 heavy (non-hydrogen) atoms. The second kappa shape index (κ2) is 7.36. The van der Waals surface area contributed by atoms with Crippen molar-refractivity contribution < 1.29 is 9.90 Å². The first-order valence-electron chi connectivity index (χ1n) is 8.34. The van der Waals surface area contributed by atoms with Crippen molar-refractivity contribution in [2.75, 3.05) is 13.2 Å². The number of halogens is 1. The lowest BCUT2D eigenvalue weighted by Gasteiger charge is -2.24. The molecule has 128 valence electrons. The number of rotatable bonds is 5. The van der Waals surface area contributed by atoms with Gasteiger partial charge >= 0.3 is 0 Å². The Morgan fingerprint density at radius 1 is 1.46 bits per heavy atom. The molecule has 1 aliphatic rings. The van der Waals surface area contributed by atoms with Gasteiger partial charge in [-0.1, -0.05) is 17.7 Å². The molecular formula is C18H22ClN3O2. The van der Waals surface area contributed by atoms with Crippen molar-refractivity contribution in [3.05, 3.63) is 46.7 Å². The van der Waals surface area contributed by atoms with Crippen molar-refractivity contribution in [3.8, 4) is 5.69 Å². The van der Waals surface area contributed by atoms with Crippen LogP contribution in [0.5, 0.6) is 0 Å². The number of hydrogen-bond donors (Lipinski definition) is 1. The van der Waals surface area contributed by atoms with Gasteiger partial charge in [0.2, 0.25) is 0 Å². The summed E-state index contributed by atoms with van der Waals surface area (Å²) in [6.45, 7) is 2.85. The molecule has 0 spiro atoms. The van der Waals surface area contributed by atoms with E-state index in [9.17, 15) is 4.79 Å². The minimum Gasteiger partial charge on any atom is -0.396 e. The lowest BCUT2D eigenvalue weighted by Crippen LogP contribution is -2.35. The highest BCUT2D eigenvalue weighted by molar-refractivity contribution is 6.30. The molecule has 1 unspecified atom stereocenters. The van der Waals surface area contributed by atoms with E-state index in [-0.39, 0.29) is 18.6 Å². The monoisotopic (exact) mass is 347 g/mol. The third kappa shape index (κ3) is 3.32. The first-order chi connectivity index (χ1) is 11.6. The summed E-state index contributed by atoms with van der Waals surface area (Å²) in [4.78, 5) is 14.9. The van der Waals surface area contributed by atoms with E-state index in [1.807, 2.05) is 36.1 Å². The molecule has 1 atom stereocenters. The highest BCUT2D eigenvalue weighted by Gasteiger charge is 2.30. The third-order valence-corrected chi connectivity index (χ3v) is 4.86. The van der Waals surface area contributed by atoms with E-state index in [0.29, 0.717) is 10.6 Å². The van der Waals surface area contributed by atoms with Gasteiger partial charge < -0.3 is 10.0 Å². The highest BCUT2D eigenvalue weighted by Crippen LogP contribution is 2.25. The van der Waals surface area contributed by atoms with E-state index in [1.165, 1.54) is 0 Å². The standard InChI is InChI=1S/C18H22ClN3O2/c1-13-17(12-20-22(13)16-6-2-5-14(19)11-16)18(24)21-9-3-7-15(21)8-4-10-23/h2,5-6,11-12,15,23H,3-4,7-10H2,1H3. The van der Waals surface area contributed by atoms with Crippen LogP contribution in [0.15, 0.2) is 30.5 Å². The molecule has 1 N–H and O–H groups in total. The van der Waals surface area contributed by atoms with Crippen LogP contribution in [0.1, 0.15) is 41.7 Å². The number of nitrogens with zero attached hydrogens (tertiary/aromatic N) is 3. The van der Waals surface area contributed by atoms with Crippen LogP contribution in [0.4, 0.5) is 0 Å². The van der Waals surface area contributed by atoms with Gasteiger partial charge in [-0.05, 0) is 50.8 Å². The largest absolute Gasteiger partial charge is 0.396 e. The van der Waals surface area contributed by atoms with Gasteiger partial charge in [0.25, 0.3) is 5.91 Å². The molecule has 0 aliphatic carbocycles. The zero-order valence-electron chi connectivity index (χ0n) is 13.8. The van der Waals surface area contributed by atoms with Crippen molar-refractivity contribution in [1.82, 2.24) is 14.7 Å². The summed E-state index contributed by atoms with van der Waals surface area (Å²) >= 11 is 6.05. The molecule has 1 aromatic carbocycles. The topological polar surface area (TPSA) is 58.4 Å². The van der Waals surface area contributed by atoms with Gasteiger partial charge in [0.05, 0.1) is 23.1 Å². The average Bonchev–Trinajstić information content (AvgIpc) is 3.19. The molecule has 0 radical (unpaired) electrons. The van der Waals surface area contributed by atoms with Crippen molar-refractivity contribution in [1.29, 1.82) is 0 Å². The number of aromatic nitrogens is 2. The second-order valence-corrected chi connectivity index (χ2v) is 6.63. The predicted molar refractivity (Wildman–Crippen MR) is 93.7 cm³/mol. The summed E-state index contributed by atoms with van der Waals surface area (Å²) in [6.07, 6.45) is 5.25. The minimum absolute atomic E-state index is 0.0289. The summed E-state index contributed by atoms with van der Waals surface area (Å²) in [5.41, 5.74) is 2.29. The molecule has 2 heterocycles. The molecule has 2 aromatic rings. The fourth-order valence-corrected chi connectivity index (χ4v) is 3.56. The second-order valence-electron chi connectivity index (χ2n) is 6.20. The van der Waals surface area contributed by atoms with Crippen LogP contribution in [0, 0.1) is 6.92 Å². The SMILES string of the molecule is Cc1c(C(=O)N2CCCC2CCCO)cnn1-c1cccc(Cl)c1. The maximum atomic E-state index is 12.9. The quantitative estimate of drug-likeness (QED) is 0.903. The summed E-state index contributed by atoms with van der Waals surface area (Å²) in [6, 6.07) is 7.64. The summed E-state index contributed by atoms with van der Waals surface area (Å²) in [7, 11) is 0. The summed E-state index contributed by atoms with van der Waals surface area (Å²) in [5, 5.41) is 14.1. The van der Waals surface area contributed by atoms with Gasteiger partial charge in [0.15, 0.2) is 0 Å². The number of carbonyl (C=O) groups is 1. The number of aliphatic hydroxyl groups excluding tert-OH is 1. The van der Waals surface area contributed by atoms with Crippen LogP contribution in [0.2, 0.25) is 5.02 Å². The fourth-order valence-electron chi connectivity index (χ4n) is 3.37. The molecular weight excluding hydrogens is 326 g/mol. The number of carbonyl (C=O) groups excluding carboxylic acids is 1. The maximum Gasteiger partial charge on any atom is 0.257 e. The van der Waals surface area contributed by atoms with Gasteiger partial charge in [-0.25, -0.2) is 4.68 Å². The molecule has 1 aromatic heterocycles. The lowest BCUT2D eigenvalue weighted by atomic mass is 10.1. The van der Waals surface area contributed by atoms with Crippen LogP contribution in [-0.2, 0) is 0 Å². The van der Waals surface area contributed by atoms with Crippen molar-refractivity contribution in [3.63, 3.8) is 0 Å². The molecule has 1 fully saturated rings. The lowest BCUT2D eigenvalue weighted by molar-refractivity contribution is 0.0723.